The third-order valence-corrected chi connectivity index (χ3v) is 5.07. The molecule has 2 aromatic rings. The van der Waals surface area contributed by atoms with E-state index in [4.69, 9.17) is 11.6 Å². The number of benzene rings is 1. The summed E-state index contributed by atoms with van der Waals surface area (Å²) in [6.45, 7) is 9.65. The number of thiazole rings is 1. The average Bonchev–Trinajstić information content (AvgIpc) is 2.90. The first kappa shape index (κ1) is 16.5. The summed E-state index contributed by atoms with van der Waals surface area (Å²) in [4.78, 5) is 5.82. The zero-order valence-corrected chi connectivity index (χ0v) is 14.7. The van der Waals surface area contributed by atoms with E-state index in [1.165, 1.54) is 15.4 Å². The fraction of sp³-hybridized carbons (Fsp3) is 0.471. The Labute approximate surface area is 136 Å². The molecule has 114 valence electrons. The first-order valence-electron chi connectivity index (χ1n) is 7.34. The van der Waals surface area contributed by atoms with Crippen LogP contribution in [0.2, 0.25) is 5.02 Å². The van der Waals surface area contributed by atoms with Crippen molar-refractivity contribution in [3.05, 3.63) is 50.9 Å². The van der Waals surface area contributed by atoms with Crippen molar-refractivity contribution in [3.63, 3.8) is 0 Å². The fourth-order valence-corrected chi connectivity index (χ4v) is 3.20. The summed E-state index contributed by atoms with van der Waals surface area (Å²) in [5.74, 6) is 0. The van der Waals surface area contributed by atoms with Crippen LogP contribution in [0.3, 0.4) is 0 Å². The molecule has 0 radical (unpaired) electrons. The van der Waals surface area contributed by atoms with E-state index in [0.29, 0.717) is 6.04 Å². The maximum Gasteiger partial charge on any atom is 0.0981 e. The van der Waals surface area contributed by atoms with E-state index in [-0.39, 0.29) is 5.41 Å². The maximum atomic E-state index is 5.95. The smallest absolute Gasteiger partial charge is 0.0981 e. The van der Waals surface area contributed by atoms with Crippen LogP contribution in [0.25, 0.3) is 0 Å². The maximum absolute atomic E-state index is 5.95. The molecule has 0 saturated heterocycles. The molecular weight excluding hydrogens is 300 g/mol. The molecule has 0 aliphatic heterocycles. The molecule has 1 heterocycles. The normalized spacial score (nSPS) is 13.4. The van der Waals surface area contributed by atoms with Crippen LogP contribution >= 0.6 is 22.9 Å². The first-order chi connectivity index (χ1) is 9.90. The topological polar surface area (TPSA) is 24.9 Å². The molecule has 1 aromatic carbocycles. The minimum absolute atomic E-state index is 0.128. The molecule has 0 aliphatic rings. The minimum atomic E-state index is 0.128. The highest BCUT2D eigenvalue weighted by Crippen LogP contribution is 2.27. The Kier molecular flexibility index (Phi) is 5.42. The van der Waals surface area contributed by atoms with Crippen molar-refractivity contribution in [2.45, 2.75) is 52.1 Å². The van der Waals surface area contributed by atoms with Crippen LogP contribution in [0.15, 0.2) is 30.5 Å². The number of nitrogens with zero attached hydrogens (tertiary/aromatic N) is 1. The summed E-state index contributed by atoms with van der Waals surface area (Å²) in [6.07, 6.45) is 3.04. The summed E-state index contributed by atoms with van der Waals surface area (Å²) < 4.78 is 0. The molecule has 2 rings (SSSR count). The van der Waals surface area contributed by atoms with Gasteiger partial charge in [0.15, 0.2) is 0 Å². The van der Waals surface area contributed by atoms with Gasteiger partial charge in [-0.1, -0.05) is 51.4 Å². The highest BCUT2D eigenvalue weighted by molar-refractivity contribution is 7.11. The summed E-state index contributed by atoms with van der Waals surface area (Å²) in [7, 11) is 0. The quantitative estimate of drug-likeness (QED) is 0.804. The van der Waals surface area contributed by atoms with Gasteiger partial charge in [-0.3, -0.25) is 0 Å². The first-order valence-corrected chi connectivity index (χ1v) is 8.53. The molecule has 2 nitrogen and oxygen atoms in total. The second-order valence-electron chi connectivity index (χ2n) is 6.28. The van der Waals surface area contributed by atoms with Gasteiger partial charge in [-0.15, -0.1) is 11.3 Å². The van der Waals surface area contributed by atoms with E-state index in [2.05, 4.69) is 50.1 Å². The molecule has 1 N–H and O–H groups in total. The van der Waals surface area contributed by atoms with Crippen molar-refractivity contribution in [2.75, 3.05) is 0 Å². The Balaban J connectivity index is 2.00. The number of rotatable bonds is 5. The lowest BCUT2D eigenvalue weighted by atomic mass is 9.98. The summed E-state index contributed by atoms with van der Waals surface area (Å²) >= 11 is 7.75. The predicted octanol–water partition coefficient (Wildman–Crippen LogP) is 5.33. The van der Waals surface area contributed by atoms with Crippen LogP contribution in [0, 0.1) is 0 Å². The minimum Gasteiger partial charge on any atom is -0.305 e. The Morgan fingerprint density at radius 1 is 1.24 bits per heavy atom. The fourth-order valence-electron chi connectivity index (χ4n) is 2.15. The molecule has 21 heavy (non-hydrogen) atoms. The van der Waals surface area contributed by atoms with E-state index < -0.39 is 0 Å². The number of aromatic nitrogens is 1. The Morgan fingerprint density at radius 2 is 1.90 bits per heavy atom. The van der Waals surface area contributed by atoms with Gasteiger partial charge in [0.25, 0.3) is 0 Å². The Hall–Kier alpha value is -0.900. The molecule has 4 heteroatoms. The molecule has 0 amide bonds. The van der Waals surface area contributed by atoms with Gasteiger partial charge in [-0.05, 0) is 24.1 Å². The number of nitrogens with one attached hydrogen (secondary N) is 1. The van der Waals surface area contributed by atoms with E-state index in [1.807, 2.05) is 18.3 Å². The molecule has 0 saturated carbocycles. The van der Waals surface area contributed by atoms with Crippen LogP contribution in [-0.2, 0) is 12.0 Å². The monoisotopic (exact) mass is 322 g/mol. The van der Waals surface area contributed by atoms with Crippen LogP contribution in [0.4, 0.5) is 0 Å². The van der Waals surface area contributed by atoms with Crippen LogP contribution in [-0.4, -0.2) is 4.98 Å². The average molecular weight is 323 g/mol. The molecule has 0 aliphatic carbocycles. The zero-order valence-electron chi connectivity index (χ0n) is 13.1. The summed E-state index contributed by atoms with van der Waals surface area (Å²) in [6, 6.07) is 8.44. The van der Waals surface area contributed by atoms with Gasteiger partial charge >= 0.3 is 0 Å². The second kappa shape index (κ2) is 6.91. The third-order valence-electron chi connectivity index (χ3n) is 3.40. The SMILES string of the molecule is CCC(NCc1cnc(C(C)(C)C)s1)c1ccc(Cl)cc1. The van der Waals surface area contributed by atoms with E-state index in [1.54, 1.807) is 11.3 Å². The molecule has 1 aromatic heterocycles. The van der Waals surface area contributed by atoms with Gasteiger partial charge in [0.2, 0.25) is 0 Å². The van der Waals surface area contributed by atoms with Crippen molar-refractivity contribution in [1.29, 1.82) is 0 Å². The van der Waals surface area contributed by atoms with Crippen LogP contribution in [0.1, 0.15) is 55.6 Å². The zero-order chi connectivity index (χ0) is 15.5. The van der Waals surface area contributed by atoms with Crippen molar-refractivity contribution in [2.24, 2.45) is 0 Å². The van der Waals surface area contributed by atoms with Crippen molar-refractivity contribution < 1.29 is 0 Å². The summed E-state index contributed by atoms with van der Waals surface area (Å²) in [5, 5.41) is 5.59. The van der Waals surface area contributed by atoms with Gasteiger partial charge in [0.1, 0.15) is 0 Å². The van der Waals surface area contributed by atoms with E-state index >= 15 is 0 Å². The second-order valence-corrected chi connectivity index (χ2v) is 7.83. The molecule has 0 fully saturated rings. The highest BCUT2D eigenvalue weighted by Gasteiger charge is 2.18. The van der Waals surface area contributed by atoms with Gasteiger partial charge in [0.05, 0.1) is 5.01 Å². The van der Waals surface area contributed by atoms with Crippen molar-refractivity contribution in [3.8, 4) is 0 Å². The summed E-state index contributed by atoms with van der Waals surface area (Å²) in [5.41, 5.74) is 1.41. The van der Waals surface area contributed by atoms with Gasteiger partial charge in [-0.25, -0.2) is 4.98 Å². The molecule has 0 spiro atoms. The number of halogens is 1. The van der Waals surface area contributed by atoms with Gasteiger partial charge < -0.3 is 5.32 Å². The van der Waals surface area contributed by atoms with Crippen molar-refractivity contribution in [1.82, 2.24) is 10.3 Å². The van der Waals surface area contributed by atoms with Crippen LogP contribution < -0.4 is 5.32 Å². The van der Waals surface area contributed by atoms with Gasteiger partial charge in [-0.2, -0.15) is 0 Å². The Morgan fingerprint density at radius 3 is 2.43 bits per heavy atom. The van der Waals surface area contributed by atoms with Crippen LogP contribution in [0.5, 0.6) is 0 Å². The lowest BCUT2D eigenvalue weighted by molar-refractivity contribution is 0.521. The third kappa shape index (κ3) is 4.53. The predicted molar refractivity (Wildman–Crippen MR) is 92.1 cm³/mol. The highest BCUT2D eigenvalue weighted by atomic mass is 35.5. The number of hydrogen-bond donors (Lipinski definition) is 1. The molecule has 0 bridgehead atoms. The molecule has 1 unspecified atom stereocenters. The lowest BCUT2D eigenvalue weighted by Gasteiger charge is -2.17. The standard InChI is InChI=1S/C17H23ClN2S/c1-5-15(12-6-8-13(18)9-7-12)19-10-14-11-20-16(21-14)17(2,3)4/h6-9,11,15,19H,5,10H2,1-4H3. The number of hydrogen-bond acceptors (Lipinski definition) is 3. The Bertz CT molecular complexity index is 569. The largest absolute Gasteiger partial charge is 0.305 e. The van der Waals surface area contributed by atoms with Gasteiger partial charge in [0, 0.05) is 34.1 Å². The molecular formula is C17H23ClN2S. The van der Waals surface area contributed by atoms with Crippen molar-refractivity contribution >= 4 is 22.9 Å². The van der Waals surface area contributed by atoms with E-state index in [0.717, 1.165) is 18.0 Å². The molecule has 1 atom stereocenters. The van der Waals surface area contributed by atoms with E-state index in [9.17, 15) is 0 Å². The lowest BCUT2D eigenvalue weighted by Crippen LogP contribution is -2.19.